The van der Waals surface area contributed by atoms with Gasteiger partial charge in [0, 0.05) is 40.0 Å². The second kappa shape index (κ2) is 5.76. The molecule has 1 heterocycles. The van der Waals surface area contributed by atoms with Crippen LogP contribution in [0.4, 0.5) is 5.69 Å². The third-order valence-corrected chi connectivity index (χ3v) is 4.43. The standard InChI is InChI=1S/C16H22IN3/c1-11-6-7-13(8-14(11)17)18-9-12-10-20(5)19-15(12)16(2,3)4/h6-8,10,18H,9H2,1-5H3. The molecule has 1 aromatic heterocycles. The molecular formula is C16H22IN3. The van der Waals surface area contributed by atoms with Crippen LogP contribution >= 0.6 is 22.6 Å². The lowest BCUT2D eigenvalue weighted by Gasteiger charge is -2.18. The molecule has 3 nitrogen and oxygen atoms in total. The maximum Gasteiger partial charge on any atom is 0.0727 e. The van der Waals surface area contributed by atoms with Gasteiger partial charge in [0.05, 0.1) is 5.69 Å². The Balaban J connectivity index is 2.17. The average molecular weight is 383 g/mol. The third kappa shape index (κ3) is 3.53. The van der Waals surface area contributed by atoms with Crippen molar-refractivity contribution in [3.8, 4) is 0 Å². The molecule has 1 aromatic carbocycles. The third-order valence-electron chi connectivity index (χ3n) is 3.27. The van der Waals surface area contributed by atoms with Gasteiger partial charge in [0.15, 0.2) is 0 Å². The molecule has 0 fully saturated rings. The highest BCUT2D eigenvalue weighted by Gasteiger charge is 2.21. The predicted molar refractivity (Wildman–Crippen MR) is 93.1 cm³/mol. The molecule has 4 heteroatoms. The van der Waals surface area contributed by atoms with Gasteiger partial charge >= 0.3 is 0 Å². The van der Waals surface area contributed by atoms with Crippen molar-refractivity contribution in [2.75, 3.05) is 5.32 Å². The smallest absolute Gasteiger partial charge is 0.0727 e. The number of aryl methyl sites for hydroxylation is 2. The van der Waals surface area contributed by atoms with Crippen LogP contribution in [0.3, 0.4) is 0 Å². The fraction of sp³-hybridized carbons (Fsp3) is 0.438. The van der Waals surface area contributed by atoms with Crippen molar-refractivity contribution in [1.82, 2.24) is 9.78 Å². The molecule has 20 heavy (non-hydrogen) atoms. The van der Waals surface area contributed by atoms with E-state index >= 15 is 0 Å². The van der Waals surface area contributed by atoms with Crippen molar-refractivity contribution in [2.24, 2.45) is 7.05 Å². The number of halogens is 1. The minimum atomic E-state index is 0.0694. The fourth-order valence-electron chi connectivity index (χ4n) is 2.20. The predicted octanol–water partition coefficient (Wildman–Crippen LogP) is 4.24. The zero-order valence-electron chi connectivity index (χ0n) is 12.8. The summed E-state index contributed by atoms with van der Waals surface area (Å²) in [5.41, 5.74) is 4.96. The Labute approximate surface area is 134 Å². The quantitative estimate of drug-likeness (QED) is 0.804. The van der Waals surface area contributed by atoms with E-state index in [4.69, 9.17) is 0 Å². The molecule has 0 saturated carbocycles. The zero-order chi connectivity index (χ0) is 14.9. The molecule has 0 radical (unpaired) electrons. The van der Waals surface area contributed by atoms with Crippen molar-refractivity contribution >= 4 is 28.3 Å². The lowest BCUT2D eigenvalue weighted by atomic mass is 9.89. The molecule has 0 saturated heterocycles. The normalized spacial score (nSPS) is 11.7. The first-order valence-corrected chi connectivity index (χ1v) is 7.88. The van der Waals surface area contributed by atoms with Crippen molar-refractivity contribution in [2.45, 2.75) is 39.7 Å². The van der Waals surface area contributed by atoms with E-state index in [0.29, 0.717) is 0 Å². The van der Waals surface area contributed by atoms with Crippen LogP contribution in [0.25, 0.3) is 0 Å². The summed E-state index contributed by atoms with van der Waals surface area (Å²) >= 11 is 2.37. The molecule has 2 aromatic rings. The fourth-order valence-corrected chi connectivity index (χ4v) is 2.71. The minimum absolute atomic E-state index is 0.0694. The van der Waals surface area contributed by atoms with E-state index in [-0.39, 0.29) is 5.41 Å². The van der Waals surface area contributed by atoms with E-state index in [9.17, 15) is 0 Å². The van der Waals surface area contributed by atoms with Gasteiger partial charge in [-0.3, -0.25) is 4.68 Å². The van der Waals surface area contributed by atoms with Crippen molar-refractivity contribution in [3.63, 3.8) is 0 Å². The molecule has 2 rings (SSSR count). The van der Waals surface area contributed by atoms with Gasteiger partial charge in [-0.15, -0.1) is 0 Å². The van der Waals surface area contributed by atoms with Gasteiger partial charge in [-0.2, -0.15) is 5.10 Å². The molecule has 1 N–H and O–H groups in total. The summed E-state index contributed by atoms with van der Waals surface area (Å²) < 4.78 is 3.19. The van der Waals surface area contributed by atoms with Gasteiger partial charge in [0.25, 0.3) is 0 Å². The topological polar surface area (TPSA) is 29.9 Å². The van der Waals surface area contributed by atoms with Crippen LogP contribution in [0.15, 0.2) is 24.4 Å². The van der Waals surface area contributed by atoms with Gasteiger partial charge in [-0.25, -0.2) is 0 Å². The summed E-state index contributed by atoms with van der Waals surface area (Å²) in [4.78, 5) is 0. The van der Waals surface area contributed by atoms with Gasteiger partial charge in [0.2, 0.25) is 0 Å². The summed E-state index contributed by atoms with van der Waals surface area (Å²) in [5.74, 6) is 0. The summed E-state index contributed by atoms with van der Waals surface area (Å²) in [5, 5.41) is 8.10. The van der Waals surface area contributed by atoms with E-state index < -0.39 is 0 Å². The lowest BCUT2D eigenvalue weighted by molar-refractivity contribution is 0.549. The molecule has 0 unspecified atom stereocenters. The van der Waals surface area contributed by atoms with E-state index in [0.717, 1.165) is 17.9 Å². The number of hydrogen-bond donors (Lipinski definition) is 1. The molecule has 0 spiro atoms. The first-order chi connectivity index (χ1) is 9.27. The summed E-state index contributed by atoms with van der Waals surface area (Å²) in [6.07, 6.45) is 2.10. The second-order valence-electron chi connectivity index (χ2n) is 6.24. The highest BCUT2D eigenvalue weighted by atomic mass is 127. The first-order valence-electron chi connectivity index (χ1n) is 6.80. The molecule has 0 aliphatic rings. The van der Waals surface area contributed by atoms with E-state index in [1.54, 1.807) is 0 Å². The number of benzene rings is 1. The highest BCUT2D eigenvalue weighted by molar-refractivity contribution is 14.1. The Morgan fingerprint density at radius 1 is 1.30 bits per heavy atom. The lowest BCUT2D eigenvalue weighted by Crippen LogP contribution is -2.16. The Morgan fingerprint density at radius 3 is 2.60 bits per heavy atom. The van der Waals surface area contributed by atoms with Gasteiger partial charge in [-0.1, -0.05) is 26.8 Å². The number of anilines is 1. The molecule has 0 aliphatic carbocycles. The van der Waals surface area contributed by atoms with Crippen LogP contribution in [0, 0.1) is 10.5 Å². The summed E-state index contributed by atoms with van der Waals surface area (Å²) in [6.45, 7) is 9.54. The molecule has 108 valence electrons. The van der Waals surface area contributed by atoms with Crippen molar-refractivity contribution < 1.29 is 0 Å². The van der Waals surface area contributed by atoms with Crippen LogP contribution < -0.4 is 5.32 Å². The van der Waals surface area contributed by atoms with Crippen LogP contribution in [-0.2, 0) is 19.0 Å². The van der Waals surface area contributed by atoms with Gasteiger partial charge in [0.1, 0.15) is 0 Å². The van der Waals surface area contributed by atoms with Crippen LogP contribution in [0.5, 0.6) is 0 Å². The van der Waals surface area contributed by atoms with Gasteiger partial charge < -0.3 is 5.32 Å². The maximum absolute atomic E-state index is 4.60. The zero-order valence-corrected chi connectivity index (χ0v) is 14.9. The monoisotopic (exact) mass is 383 g/mol. The Morgan fingerprint density at radius 2 is 2.00 bits per heavy atom. The maximum atomic E-state index is 4.60. The average Bonchev–Trinajstić information content (AvgIpc) is 2.72. The summed E-state index contributed by atoms with van der Waals surface area (Å²) in [7, 11) is 1.98. The van der Waals surface area contributed by atoms with E-state index in [2.05, 4.69) is 85.1 Å². The molecule has 0 atom stereocenters. The largest absolute Gasteiger partial charge is 0.381 e. The number of aromatic nitrogens is 2. The second-order valence-corrected chi connectivity index (χ2v) is 7.41. The minimum Gasteiger partial charge on any atom is -0.381 e. The summed E-state index contributed by atoms with van der Waals surface area (Å²) in [6, 6.07) is 6.46. The highest BCUT2D eigenvalue weighted by Crippen LogP contribution is 2.25. The molecule has 0 bridgehead atoms. The van der Waals surface area contributed by atoms with Gasteiger partial charge in [-0.05, 0) is 47.2 Å². The van der Waals surface area contributed by atoms with Crippen molar-refractivity contribution in [1.29, 1.82) is 0 Å². The molecule has 0 aliphatic heterocycles. The first kappa shape index (κ1) is 15.4. The number of hydrogen-bond acceptors (Lipinski definition) is 2. The van der Waals surface area contributed by atoms with E-state index in [1.807, 2.05) is 11.7 Å². The Bertz CT molecular complexity index is 609. The van der Waals surface area contributed by atoms with Crippen LogP contribution in [0.2, 0.25) is 0 Å². The van der Waals surface area contributed by atoms with Crippen LogP contribution in [-0.4, -0.2) is 9.78 Å². The molecular weight excluding hydrogens is 361 g/mol. The molecule has 0 amide bonds. The van der Waals surface area contributed by atoms with Crippen molar-refractivity contribution in [3.05, 3.63) is 44.8 Å². The van der Waals surface area contributed by atoms with E-state index in [1.165, 1.54) is 14.7 Å². The number of nitrogens with one attached hydrogen (secondary N) is 1. The number of rotatable bonds is 3. The Hall–Kier alpha value is -1.04. The Kier molecular flexibility index (Phi) is 4.42. The number of nitrogens with zero attached hydrogens (tertiary/aromatic N) is 2. The van der Waals surface area contributed by atoms with Crippen LogP contribution in [0.1, 0.15) is 37.6 Å². The SMILES string of the molecule is Cc1ccc(NCc2cn(C)nc2C(C)(C)C)cc1I.